The molecule has 0 saturated heterocycles. The zero-order valence-electron chi connectivity index (χ0n) is 9.41. The Morgan fingerprint density at radius 1 is 1.44 bits per heavy atom. The Morgan fingerprint density at radius 3 is 2.62 bits per heavy atom. The highest BCUT2D eigenvalue weighted by molar-refractivity contribution is 7.85. The fourth-order valence-corrected chi connectivity index (χ4v) is 2.21. The normalized spacial score (nSPS) is 20.5. The summed E-state index contributed by atoms with van der Waals surface area (Å²) < 4.78 is 29.6. The maximum Gasteiger partial charge on any atom is 0.264 e. The lowest BCUT2D eigenvalue weighted by molar-refractivity contribution is 0.210. The molecule has 0 aliphatic carbocycles. The van der Waals surface area contributed by atoms with Gasteiger partial charge in [-0.25, -0.2) is 0 Å². The minimum absolute atomic E-state index is 0.163. The molecule has 0 amide bonds. The fraction of sp³-hybridized carbons (Fsp3) is 0.600. The van der Waals surface area contributed by atoms with Crippen molar-refractivity contribution < 1.29 is 13.0 Å². The molecule has 92 valence electrons. The molecule has 1 heterocycles. The van der Waals surface area contributed by atoms with E-state index in [0.29, 0.717) is 6.42 Å². The van der Waals surface area contributed by atoms with Crippen molar-refractivity contribution in [1.29, 1.82) is 0 Å². The van der Waals surface area contributed by atoms with E-state index in [4.69, 9.17) is 4.55 Å². The van der Waals surface area contributed by atoms with Gasteiger partial charge >= 0.3 is 0 Å². The van der Waals surface area contributed by atoms with E-state index in [1.165, 1.54) is 0 Å². The molecule has 0 aromatic heterocycles. The first-order valence-corrected chi connectivity index (χ1v) is 6.84. The number of hydrogen-bond donors (Lipinski definition) is 1. The maximum atomic E-state index is 10.5. The van der Waals surface area contributed by atoms with Gasteiger partial charge in [-0.05, 0) is 26.0 Å². The topological polar surface area (TPSA) is 60.9 Å². The van der Waals surface area contributed by atoms with Crippen molar-refractivity contribution in [3.63, 3.8) is 0 Å². The molecule has 0 spiro atoms. The molecule has 1 aliphatic heterocycles. The SMILES string of the molecule is C=CN1C=CN(CCCCS(=O)(=O)O)C1C. The molecular weight excluding hydrogens is 228 g/mol. The van der Waals surface area contributed by atoms with Gasteiger partial charge in [0.2, 0.25) is 0 Å². The van der Waals surface area contributed by atoms with Crippen molar-refractivity contribution in [2.45, 2.75) is 25.9 Å². The van der Waals surface area contributed by atoms with Crippen LogP contribution >= 0.6 is 0 Å². The highest BCUT2D eigenvalue weighted by atomic mass is 32.2. The van der Waals surface area contributed by atoms with Crippen molar-refractivity contribution >= 4 is 10.1 Å². The molecule has 0 fully saturated rings. The Kier molecular flexibility index (Phi) is 4.37. The monoisotopic (exact) mass is 246 g/mol. The van der Waals surface area contributed by atoms with Crippen LogP contribution in [0.25, 0.3) is 0 Å². The molecule has 0 aromatic rings. The highest BCUT2D eigenvalue weighted by Gasteiger charge is 2.18. The Labute approximate surface area is 96.8 Å². The first-order valence-electron chi connectivity index (χ1n) is 5.23. The number of unbranched alkanes of at least 4 members (excludes halogenated alkanes) is 1. The molecule has 5 nitrogen and oxygen atoms in total. The Morgan fingerprint density at radius 2 is 2.12 bits per heavy atom. The van der Waals surface area contributed by atoms with Crippen molar-refractivity contribution in [1.82, 2.24) is 9.80 Å². The first kappa shape index (κ1) is 13.1. The van der Waals surface area contributed by atoms with Gasteiger partial charge in [-0.2, -0.15) is 8.42 Å². The first-order chi connectivity index (χ1) is 7.44. The molecule has 16 heavy (non-hydrogen) atoms. The lowest BCUT2D eigenvalue weighted by Crippen LogP contribution is -2.33. The molecule has 0 radical (unpaired) electrons. The van der Waals surface area contributed by atoms with Gasteiger partial charge in [0.05, 0.1) is 5.75 Å². The van der Waals surface area contributed by atoms with Crippen LogP contribution in [0.2, 0.25) is 0 Å². The third-order valence-corrected chi connectivity index (χ3v) is 3.43. The van der Waals surface area contributed by atoms with E-state index in [1.807, 2.05) is 24.2 Å². The summed E-state index contributed by atoms with van der Waals surface area (Å²) in [7, 11) is -3.81. The summed E-state index contributed by atoms with van der Waals surface area (Å²) in [5, 5.41) is 0. The standard InChI is InChI=1S/C10H18N2O3S/c1-3-11-7-8-12(10(11)2)6-4-5-9-16(13,14)15/h3,7-8,10H,1,4-6,9H2,2H3,(H,13,14,15). The van der Waals surface area contributed by atoms with Gasteiger partial charge in [0.25, 0.3) is 10.1 Å². The van der Waals surface area contributed by atoms with Crippen LogP contribution in [0.1, 0.15) is 19.8 Å². The Hall–Kier alpha value is -1.01. The van der Waals surface area contributed by atoms with Gasteiger partial charge in [-0.1, -0.05) is 6.58 Å². The van der Waals surface area contributed by atoms with E-state index in [9.17, 15) is 8.42 Å². The van der Waals surface area contributed by atoms with Crippen LogP contribution < -0.4 is 0 Å². The largest absolute Gasteiger partial charge is 0.356 e. The van der Waals surface area contributed by atoms with Crippen LogP contribution in [0.4, 0.5) is 0 Å². The van der Waals surface area contributed by atoms with Gasteiger partial charge in [0.1, 0.15) is 6.17 Å². The minimum Gasteiger partial charge on any atom is -0.356 e. The molecule has 1 aliphatic rings. The average molecular weight is 246 g/mol. The van der Waals surface area contributed by atoms with E-state index in [2.05, 4.69) is 11.5 Å². The summed E-state index contributed by atoms with van der Waals surface area (Å²) in [4.78, 5) is 4.08. The molecular formula is C10H18N2O3S. The second-order valence-corrected chi connectivity index (χ2v) is 5.36. The van der Waals surface area contributed by atoms with Crippen LogP contribution in [0.15, 0.2) is 25.2 Å². The predicted molar refractivity (Wildman–Crippen MR) is 63.0 cm³/mol. The zero-order chi connectivity index (χ0) is 12.2. The van der Waals surface area contributed by atoms with Crippen molar-refractivity contribution in [3.05, 3.63) is 25.2 Å². The second-order valence-electron chi connectivity index (χ2n) is 3.79. The molecule has 1 rings (SSSR count). The molecule has 6 heteroatoms. The zero-order valence-corrected chi connectivity index (χ0v) is 10.2. The van der Waals surface area contributed by atoms with Crippen molar-refractivity contribution in [3.8, 4) is 0 Å². The Balaban J connectivity index is 2.25. The highest BCUT2D eigenvalue weighted by Crippen LogP contribution is 2.15. The van der Waals surface area contributed by atoms with Gasteiger partial charge in [-0.3, -0.25) is 4.55 Å². The summed E-state index contributed by atoms with van der Waals surface area (Å²) in [6.45, 7) is 6.51. The summed E-state index contributed by atoms with van der Waals surface area (Å²) in [6, 6.07) is 0. The Bertz CT molecular complexity index is 364. The van der Waals surface area contributed by atoms with Crippen LogP contribution in [-0.4, -0.2) is 41.2 Å². The van der Waals surface area contributed by atoms with Crippen molar-refractivity contribution in [2.24, 2.45) is 0 Å². The molecule has 0 bridgehead atoms. The fourth-order valence-electron chi connectivity index (χ4n) is 1.64. The number of nitrogens with zero attached hydrogens (tertiary/aromatic N) is 2. The molecule has 1 atom stereocenters. The van der Waals surface area contributed by atoms with Gasteiger partial charge < -0.3 is 9.80 Å². The van der Waals surface area contributed by atoms with E-state index in [0.717, 1.165) is 13.0 Å². The molecule has 1 N–H and O–H groups in total. The lowest BCUT2D eigenvalue weighted by Gasteiger charge is -2.27. The van der Waals surface area contributed by atoms with Gasteiger partial charge in [0, 0.05) is 18.9 Å². The third kappa shape index (κ3) is 3.86. The second kappa shape index (κ2) is 5.36. The minimum atomic E-state index is -3.81. The van der Waals surface area contributed by atoms with Crippen LogP contribution in [0.3, 0.4) is 0 Å². The number of hydrogen-bond acceptors (Lipinski definition) is 4. The van der Waals surface area contributed by atoms with E-state index >= 15 is 0 Å². The molecule has 0 saturated carbocycles. The van der Waals surface area contributed by atoms with Gasteiger partial charge in [-0.15, -0.1) is 0 Å². The maximum absolute atomic E-state index is 10.5. The number of rotatable bonds is 6. The van der Waals surface area contributed by atoms with Crippen LogP contribution in [-0.2, 0) is 10.1 Å². The predicted octanol–water partition coefficient (Wildman–Crippen LogP) is 1.23. The summed E-state index contributed by atoms with van der Waals surface area (Å²) in [5.74, 6) is -0.163. The van der Waals surface area contributed by atoms with Gasteiger partial charge in [0.15, 0.2) is 0 Å². The lowest BCUT2D eigenvalue weighted by atomic mass is 10.3. The summed E-state index contributed by atoms with van der Waals surface area (Å²) >= 11 is 0. The molecule has 1 unspecified atom stereocenters. The summed E-state index contributed by atoms with van der Waals surface area (Å²) in [6.07, 6.45) is 7.08. The summed E-state index contributed by atoms with van der Waals surface area (Å²) in [5.41, 5.74) is 0. The van der Waals surface area contributed by atoms with E-state index in [-0.39, 0.29) is 11.9 Å². The third-order valence-electron chi connectivity index (χ3n) is 2.62. The molecule has 0 aromatic carbocycles. The quantitative estimate of drug-likeness (QED) is 0.564. The van der Waals surface area contributed by atoms with E-state index in [1.54, 1.807) is 6.20 Å². The van der Waals surface area contributed by atoms with Crippen molar-refractivity contribution in [2.75, 3.05) is 12.3 Å². The smallest absolute Gasteiger partial charge is 0.264 e. The average Bonchev–Trinajstić information content (AvgIpc) is 2.53. The van der Waals surface area contributed by atoms with E-state index < -0.39 is 10.1 Å². The van der Waals surface area contributed by atoms with Crippen LogP contribution in [0, 0.1) is 0 Å². The van der Waals surface area contributed by atoms with Crippen LogP contribution in [0.5, 0.6) is 0 Å².